The van der Waals surface area contributed by atoms with Gasteiger partial charge < -0.3 is 19.5 Å². The van der Waals surface area contributed by atoms with E-state index in [1.807, 2.05) is 31.4 Å². The van der Waals surface area contributed by atoms with Crippen molar-refractivity contribution in [3.8, 4) is 17.4 Å². The van der Waals surface area contributed by atoms with Gasteiger partial charge in [0, 0.05) is 37.9 Å². The normalized spacial score (nSPS) is 10.9. The average molecular weight is 427 g/mol. The Bertz CT molecular complexity index is 1170. The monoisotopic (exact) mass is 426 g/mol. The summed E-state index contributed by atoms with van der Waals surface area (Å²) in [5.41, 5.74) is 0.761. The van der Waals surface area contributed by atoms with E-state index in [4.69, 9.17) is 25.8 Å². The second-order valence-corrected chi connectivity index (χ2v) is 6.71. The van der Waals surface area contributed by atoms with E-state index in [2.05, 4.69) is 25.4 Å². The maximum absolute atomic E-state index is 6.30. The number of nitrogens with zero attached hydrogens (tertiary/aromatic N) is 5. The first-order valence-corrected chi connectivity index (χ1v) is 9.47. The number of nitrogens with one attached hydrogen (secondary N) is 1. The van der Waals surface area contributed by atoms with Crippen LogP contribution in [0.3, 0.4) is 0 Å². The third-order valence-electron chi connectivity index (χ3n) is 4.12. The van der Waals surface area contributed by atoms with Crippen LogP contribution < -0.4 is 14.8 Å². The summed E-state index contributed by atoms with van der Waals surface area (Å²) in [6.45, 7) is 0.884. The lowest BCUT2D eigenvalue weighted by Crippen LogP contribution is -2.04. The number of fused-ring (bicyclic) bond motifs is 1. The molecule has 0 aliphatic rings. The minimum absolute atomic E-state index is 0.270. The summed E-state index contributed by atoms with van der Waals surface area (Å²) in [5, 5.41) is 8.62. The van der Waals surface area contributed by atoms with Crippen LogP contribution in [0.1, 0.15) is 0 Å². The zero-order valence-electron chi connectivity index (χ0n) is 16.4. The van der Waals surface area contributed by atoms with Crippen LogP contribution >= 0.6 is 11.6 Å². The van der Waals surface area contributed by atoms with Crippen LogP contribution in [0.2, 0.25) is 5.02 Å². The molecular weight excluding hydrogens is 408 g/mol. The van der Waals surface area contributed by atoms with E-state index in [9.17, 15) is 0 Å². The van der Waals surface area contributed by atoms with Crippen LogP contribution in [0.4, 0.5) is 11.6 Å². The molecule has 0 bridgehead atoms. The van der Waals surface area contributed by atoms with Gasteiger partial charge in [0.05, 0.1) is 18.3 Å². The van der Waals surface area contributed by atoms with Gasteiger partial charge in [-0.1, -0.05) is 11.6 Å². The first kappa shape index (κ1) is 19.9. The van der Waals surface area contributed by atoms with Crippen molar-refractivity contribution < 1.29 is 14.2 Å². The molecule has 0 aliphatic carbocycles. The van der Waals surface area contributed by atoms with Gasteiger partial charge in [0.25, 0.3) is 0 Å². The first-order valence-electron chi connectivity index (χ1n) is 9.09. The number of aryl methyl sites for hydroxylation is 1. The Morgan fingerprint density at radius 1 is 1.07 bits per heavy atom. The topological polar surface area (TPSA) is 96.2 Å². The van der Waals surface area contributed by atoms with E-state index in [0.29, 0.717) is 41.4 Å². The molecule has 30 heavy (non-hydrogen) atoms. The second kappa shape index (κ2) is 8.93. The van der Waals surface area contributed by atoms with Crippen molar-refractivity contribution in [3.63, 3.8) is 0 Å². The van der Waals surface area contributed by atoms with E-state index < -0.39 is 0 Å². The van der Waals surface area contributed by atoms with Gasteiger partial charge in [0.2, 0.25) is 5.88 Å². The Morgan fingerprint density at radius 2 is 1.97 bits per heavy atom. The Hall–Kier alpha value is -3.43. The summed E-state index contributed by atoms with van der Waals surface area (Å²) in [7, 11) is 3.46. The molecule has 1 N–H and O–H groups in total. The van der Waals surface area contributed by atoms with Crippen LogP contribution in [-0.2, 0) is 11.8 Å². The fourth-order valence-electron chi connectivity index (χ4n) is 2.72. The second-order valence-electron chi connectivity index (χ2n) is 6.30. The lowest BCUT2D eigenvalue weighted by Gasteiger charge is -2.11. The third kappa shape index (κ3) is 4.58. The summed E-state index contributed by atoms with van der Waals surface area (Å²) in [6, 6.07) is 8.96. The average Bonchev–Trinajstić information content (AvgIpc) is 3.15. The van der Waals surface area contributed by atoms with Crippen LogP contribution in [0.25, 0.3) is 10.9 Å². The molecular formula is C20H19ClN6O3. The molecule has 3 aromatic heterocycles. The summed E-state index contributed by atoms with van der Waals surface area (Å²) >= 11 is 6.30. The Kier molecular flexibility index (Phi) is 5.92. The SMILES string of the molecule is COCCOc1cnc(Oc2ccc3ncnc(Nc4ccn(C)n4)c3c2)c(Cl)c1. The number of benzene rings is 1. The number of aromatic nitrogens is 5. The van der Waals surface area contributed by atoms with E-state index in [0.717, 1.165) is 10.9 Å². The third-order valence-corrected chi connectivity index (χ3v) is 4.39. The highest BCUT2D eigenvalue weighted by Gasteiger charge is 2.11. The van der Waals surface area contributed by atoms with Crippen molar-refractivity contribution in [3.05, 3.63) is 54.1 Å². The van der Waals surface area contributed by atoms with Crippen LogP contribution in [0.15, 0.2) is 49.1 Å². The molecule has 0 saturated carbocycles. The molecule has 10 heteroatoms. The standard InChI is InChI=1S/C20H19ClN6O3/c1-27-6-5-18(26-27)25-19-15-9-13(3-4-17(15)23-12-24-19)30-20-16(21)10-14(11-22-20)29-8-7-28-2/h3-6,9-12H,7-8H2,1-2H3,(H,23,24,25,26). The van der Waals surface area contributed by atoms with Crippen LogP contribution in [-0.4, -0.2) is 45.1 Å². The molecule has 3 heterocycles. The predicted molar refractivity (Wildman–Crippen MR) is 113 cm³/mol. The molecule has 4 aromatic rings. The minimum atomic E-state index is 0.270. The number of halogens is 1. The zero-order valence-corrected chi connectivity index (χ0v) is 17.1. The lowest BCUT2D eigenvalue weighted by atomic mass is 10.2. The van der Waals surface area contributed by atoms with Gasteiger partial charge in [-0.2, -0.15) is 5.10 Å². The molecule has 9 nitrogen and oxygen atoms in total. The Morgan fingerprint density at radius 3 is 2.73 bits per heavy atom. The molecule has 0 unspecified atom stereocenters. The number of rotatable bonds is 8. The zero-order chi connectivity index (χ0) is 20.9. The van der Waals surface area contributed by atoms with Crippen molar-refractivity contribution in [2.75, 3.05) is 25.6 Å². The first-order chi connectivity index (χ1) is 14.6. The Balaban J connectivity index is 1.57. The highest BCUT2D eigenvalue weighted by atomic mass is 35.5. The highest BCUT2D eigenvalue weighted by Crippen LogP contribution is 2.32. The van der Waals surface area contributed by atoms with Gasteiger partial charge in [-0.25, -0.2) is 15.0 Å². The Labute approximate surface area is 177 Å². The van der Waals surface area contributed by atoms with Crippen molar-refractivity contribution >= 4 is 34.1 Å². The van der Waals surface area contributed by atoms with Crippen LogP contribution in [0.5, 0.6) is 17.4 Å². The van der Waals surface area contributed by atoms with Crippen molar-refractivity contribution in [1.29, 1.82) is 0 Å². The van der Waals surface area contributed by atoms with Crippen molar-refractivity contribution in [2.45, 2.75) is 0 Å². The quantitative estimate of drug-likeness (QED) is 0.423. The van der Waals surface area contributed by atoms with Gasteiger partial charge in [-0.05, 0) is 18.2 Å². The summed E-state index contributed by atoms with van der Waals surface area (Å²) in [6.07, 6.45) is 4.89. The predicted octanol–water partition coefficient (Wildman–Crippen LogP) is 3.97. The highest BCUT2D eigenvalue weighted by molar-refractivity contribution is 6.32. The molecule has 0 spiro atoms. The fraction of sp³-hybridized carbons (Fsp3) is 0.200. The molecule has 0 radical (unpaired) electrons. The molecule has 1 aromatic carbocycles. The number of ether oxygens (including phenoxy) is 3. The summed E-state index contributed by atoms with van der Waals surface area (Å²) in [5.74, 6) is 2.65. The van der Waals surface area contributed by atoms with Crippen molar-refractivity contribution in [1.82, 2.24) is 24.7 Å². The number of anilines is 2. The fourth-order valence-corrected chi connectivity index (χ4v) is 2.91. The van der Waals surface area contributed by atoms with E-state index >= 15 is 0 Å². The number of hydrogen-bond donors (Lipinski definition) is 1. The molecule has 4 rings (SSSR count). The van der Waals surface area contributed by atoms with Crippen molar-refractivity contribution in [2.24, 2.45) is 7.05 Å². The van der Waals surface area contributed by atoms with Gasteiger partial charge in [0.1, 0.15) is 35.3 Å². The molecule has 0 fully saturated rings. The number of methoxy groups -OCH3 is 1. The maximum atomic E-state index is 6.30. The van der Waals surface area contributed by atoms with E-state index in [-0.39, 0.29) is 5.88 Å². The van der Waals surface area contributed by atoms with Crippen LogP contribution in [0, 0.1) is 0 Å². The minimum Gasteiger partial charge on any atom is -0.490 e. The lowest BCUT2D eigenvalue weighted by molar-refractivity contribution is 0.146. The number of hydrogen-bond acceptors (Lipinski definition) is 8. The van der Waals surface area contributed by atoms with Gasteiger partial charge in [-0.3, -0.25) is 4.68 Å². The molecule has 0 aliphatic heterocycles. The molecule has 0 saturated heterocycles. The van der Waals surface area contributed by atoms with Gasteiger partial charge in [-0.15, -0.1) is 0 Å². The summed E-state index contributed by atoms with van der Waals surface area (Å²) in [4.78, 5) is 12.9. The smallest absolute Gasteiger partial charge is 0.238 e. The number of pyridine rings is 1. The van der Waals surface area contributed by atoms with Gasteiger partial charge in [0.15, 0.2) is 5.82 Å². The molecule has 0 amide bonds. The van der Waals surface area contributed by atoms with E-state index in [1.54, 1.807) is 30.1 Å². The summed E-state index contributed by atoms with van der Waals surface area (Å²) < 4.78 is 18.0. The largest absolute Gasteiger partial charge is 0.490 e. The molecule has 0 atom stereocenters. The van der Waals surface area contributed by atoms with E-state index in [1.165, 1.54) is 6.33 Å². The molecule has 154 valence electrons. The van der Waals surface area contributed by atoms with Gasteiger partial charge >= 0.3 is 0 Å². The maximum Gasteiger partial charge on any atom is 0.238 e.